The molecule has 0 spiro atoms. The smallest absolute Gasteiger partial charge is 0.293 e. The molecule has 0 amide bonds. The normalized spacial score (nSPS) is 33.1. The standard InChI is InChI=1S/C19H24N10O4/c1-28-26-16(25-27-28)14-13(32-7-30)12(31)18(33-14)29-6-21-11-15(20)23-19(24-17(11)29)22-10-5-8-2-3-9(10)4-8/h6-10,12-14,18,31H,2-5H2,1H3,(H3,20,22,23,24)/t8?,9?,10?,12-,13+,14+,18-/m1/s1. The van der Waals surface area contributed by atoms with Crippen LogP contribution in [0, 0.1) is 11.8 Å². The minimum Gasteiger partial charge on any atom is -0.458 e. The van der Waals surface area contributed by atoms with Crippen molar-refractivity contribution >= 4 is 29.4 Å². The van der Waals surface area contributed by atoms with E-state index < -0.39 is 24.5 Å². The number of hydrogen-bond donors (Lipinski definition) is 3. The number of nitrogens with two attached hydrogens (primary N) is 1. The van der Waals surface area contributed by atoms with E-state index in [4.69, 9.17) is 15.2 Å². The number of fused-ring (bicyclic) bond motifs is 3. The van der Waals surface area contributed by atoms with E-state index in [-0.39, 0.29) is 18.1 Å². The number of anilines is 2. The fourth-order valence-electron chi connectivity index (χ4n) is 5.49. The minimum atomic E-state index is -1.24. The number of nitrogens with zero attached hydrogens (tertiary/aromatic N) is 8. The number of aliphatic hydroxyl groups is 1. The average Bonchev–Trinajstić information content (AvgIpc) is 3.59. The number of rotatable bonds is 6. The van der Waals surface area contributed by atoms with Crippen molar-refractivity contribution in [1.29, 1.82) is 0 Å². The van der Waals surface area contributed by atoms with Crippen molar-refractivity contribution in [1.82, 2.24) is 39.7 Å². The second kappa shape index (κ2) is 7.59. The number of carbonyl (C=O) groups excluding carboxylic acids is 1. The monoisotopic (exact) mass is 456 g/mol. The Morgan fingerprint density at radius 2 is 2.21 bits per heavy atom. The van der Waals surface area contributed by atoms with Crippen LogP contribution >= 0.6 is 0 Å². The van der Waals surface area contributed by atoms with Crippen LogP contribution in [0.4, 0.5) is 11.8 Å². The molecule has 0 radical (unpaired) electrons. The SMILES string of the molecule is Cn1nnc([C@H]2O[C@@H](n3cnc4c(N)nc(NC5CC6CCC5C6)nc43)[C@H](O)[C@@H]2OC=O)n1. The minimum absolute atomic E-state index is 0.183. The van der Waals surface area contributed by atoms with Gasteiger partial charge in [0.25, 0.3) is 6.47 Å². The lowest BCUT2D eigenvalue weighted by atomic mass is 9.95. The van der Waals surface area contributed by atoms with Gasteiger partial charge in [-0.3, -0.25) is 9.36 Å². The molecule has 1 aliphatic heterocycles. The maximum Gasteiger partial charge on any atom is 0.293 e. The second-order valence-corrected chi connectivity index (χ2v) is 8.95. The lowest BCUT2D eigenvalue weighted by molar-refractivity contribution is -0.140. The zero-order chi connectivity index (χ0) is 22.7. The molecule has 4 N–H and O–H groups in total. The van der Waals surface area contributed by atoms with Crippen LogP contribution in [0.3, 0.4) is 0 Å². The molecule has 33 heavy (non-hydrogen) atoms. The van der Waals surface area contributed by atoms with Crippen molar-refractivity contribution in [2.24, 2.45) is 18.9 Å². The number of aliphatic hydroxyl groups excluding tert-OH is 1. The number of nitrogens with one attached hydrogen (secondary N) is 1. The van der Waals surface area contributed by atoms with E-state index in [1.807, 2.05) is 0 Å². The van der Waals surface area contributed by atoms with Gasteiger partial charge in [0, 0.05) is 6.04 Å². The van der Waals surface area contributed by atoms with Crippen LogP contribution in [-0.2, 0) is 21.3 Å². The van der Waals surface area contributed by atoms with Gasteiger partial charge >= 0.3 is 0 Å². The van der Waals surface area contributed by atoms with Crippen molar-refractivity contribution in [3.05, 3.63) is 12.2 Å². The van der Waals surface area contributed by atoms with Gasteiger partial charge in [-0.25, -0.2) is 4.98 Å². The van der Waals surface area contributed by atoms with Crippen LogP contribution in [-0.4, -0.2) is 69.6 Å². The molecule has 4 heterocycles. The number of ether oxygens (including phenoxy) is 2. The zero-order valence-corrected chi connectivity index (χ0v) is 17.9. The fourth-order valence-corrected chi connectivity index (χ4v) is 5.49. The number of aromatic nitrogens is 8. The van der Waals surface area contributed by atoms with Gasteiger partial charge in [-0.15, -0.1) is 10.2 Å². The van der Waals surface area contributed by atoms with Crippen LogP contribution in [0.15, 0.2) is 6.33 Å². The largest absolute Gasteiger partial charge is 0.458 e. The summed E-state index contributed by atoms with van der Waals surface area (Å²) in [4.78, 5) is 25.7. The Hall–Kier alpha value is -3.39. The van der Waals surface area contributed by atoms with Gasteiger partial charge in [0.15, 0.2) is 29.9 Å². The predicted octanol–water partition coefficient (Wildman–Crippen LogP) is -0.295. The van der Waals surface area contributed by atoms with Crippen molar-refractivity contribution in [3.8, 4) is 0 Å². The van der Waals surface area contributed by atoms with Gasteiger partial charge in [-0.1, -0.05) is 6.42 Å². The first-order chi connectivity index (χ1) is 16.0. The molecule has 6 rings (SSSR count). The number of carbonyl (C=O) groups is 1. The summed E-state index contributed by atoms with van der Waals surface area (Å²) in [5.74, 6) is 2.22. The molecule has 7 atom stereocenters. The summed E-state index contributed by atoms with van der Waals surface area (Å²) in [6.45, 7) is 0.256. The molecule has 3 aromatic rings. The predicted molar refractivity (Wildman–Crippen MR) is 111 cm³/mol. The topological polar surface area (TPSA) is 181 Å². The number of hydrogen-bond acceptors (Lipinski definition) is 12. The molecular formula is C19H24N10O4. The number of aryl methyl sites for hydroxylation is 1. The molecule has 3 aromatic heterocycles. The summed E-state index contributed by atoms with van der Waals surface area (Å²) in [6.07, 6.45) is 2.15. The van der Waals surface area contributed by atoms with Gasteiger partial charge in [0.05, 0.1) is 13.4 Å². The summed E-state index contributed by atoms with van der Waals surface area (Å²) in [5.41, 5.74) is 6.96. The Morgan fingerprint density at radius 1 is 1.33 bits per heavy atom. The van der Waals surface area contributed by atoms with Crippen molar-refractivity contribution in [2.45, 2.75) is 56.3 Å². The molecule has 3 unspecified atom stereocenters. The van der Waals surface area contributed by atoms with E-state index in [0.717, 1.165) is 12.3 Å². The quantitative estimate of drug-likeness (QED) is 0.413. The third kappa shape index (κ3) is 3.28. The van der Waals surface area contributed by atoms with E-state index in [9.17, 15) is 9.90 Å². The van der Waals surface area contributed by atoms with E-state index in [1.54, 1.807) is 11.6 Å². The highest BCUT2D eigenvalue weighted by Gasteiger charge is 2.49. The molecule has 174 valence electrons. The van der Waals surface area contributed by atoms with E-state index in [1.165, 1.54) is 30.4 Å². The Balaban J connectivity index is 1.33. The molecule has 1 saturated heterocycles. The molecule has 0 aromatic carbocycles. The number of nitrogen functional groups attached to an aromatic ring is 1. The van der Waals surface area contributed by atoms with Gasteiger partial charge < -0.3 is 25.6 Å². The summed E-state index contributed by atoms with van der Waals surface area (Å²) >= 11 is 0. The lowest BCUT2D eigenvalue weighted by Gasteiger charge is -2.23. The maximum absolute atomic E-state index is 11.1. The summed E-state index contributed by atoms with van der Waals surface area (Å²) in [5, 5.41) is 26.3. The number of tetrazole rings is 1. The lowest BCUT2D eigenvalue weighted by Crippen LogP contribution is -2.32. The van der Waals surface area contributed by atoms with Crippen LogP contribution in [0.5, 0.6) is 0 Å². The average molecular weight is 456 g/mol. The molecule has 2 bridgehead atoms. The first kappa shape index (κ1) is 20.2. The van der Waals surface area contributed by atoms with Gasteiger partial charge in [0.1, 0.15) is 11.6 Å². The summed E-state index contributed by atoms with van der Waals surface area (Å²) in [7, 11) is 1.60. The first-order valence-corrected chi connectivity index (χ1v) is 10.9. The maximum atomic E-state index is 11.1. The molecule has 14 nitrogen and oxygen atoms in total. The Bertz CT molecular complexity index is 1200. The van der Waals surface area contributed by atoms with E-state index in [2.05, 4.69) is 35.7 Å². The zero-order valence-electron chi connectivity index (χ0n) is 17.9. The molecular weight excluding hydrogens is 432 g/mol. The van der Waals surface area contributed by atoms with E-state index in [0.29, 0.717) is 29.1 Å². The van der Waals surface area contributed by atoms with Gasteiger partial charge in [-0.2, -0.15) is 14.8 Å². The third-order valence-electron chi connectivity index (χ3n) is 6.98. The van der Waals surface area contributed by atoms with Crippen LogP contribution in [0.25, 0.3) is 11.2 Å². The van der Waals surface area contributed by atoms with Crippen LogP contribution < -0.4 is 11.1 Å². The van der Waals surface area contributed by atoms with Crippen molar-refractivity contribution < 1.29 is 19.4 Å². The van der Waals surface area contributed by atoms with Gasteiger partial charge in [-0.05, 0) is 36.3 Å². The Kier molecular flexibility index (Phi) is 4.65. The molecule has 14 heteroatoms. The first-order valence-electron chi connectivity index (χ1n) is 10.9. The number of imidazole rings is 1. The highest BCUT2D eigenvalue weighted by Crippen LogP contribution is 2.45. The third-order valence-corrected chi connectivity index (χ3v) is 6.98. The van der Waals surface area contributed by atoms with Crippen LogP contribution in [0.1, 0.15) is 43.8 Å². The molecule has 2 saturated carbocycles. The van der Waals surface area contributed by atoms with E-state index >= 15 is 0 Å². The fraction of sp³-hybridized carbons (Fsp3) is 0.632. The van der Waals surface area contributed by atoms with Gasteiger partial charge in [0.2, 0.25) is 11.8 Å². The highest BCUT2D eigenvalue weighted by molar-refractivity contribution is 5.83. The summed E-state index contributed by atoms with van der Waals surface area (Å²) < 4.78 is 12.7. The molecule has 3 fully saturated rings. The van der Waals surface area contributed by atoms with Crippen molar-refractivity contribution in [3.63, 3.8) is 0 Å². The highest BCUT2D eigenvalue weighted by atomic mass is 16.6. The molecule has 2 aliphatic carbocycles. The second-order valence-electron chi connectivity index (χ2n) is 8.95. The molecule has 3 aliphatic rings. The van der Waals surface area contributed by atoms with Crippen molar-refractivity contribution in [2.75, 3.05) is 11.1 Å². The Morgan fingerprint density at radius 3 is 2.91 bits per heavy atom. The van der Waals surface area contributed by atoms with Crippen LogP contribution in [0.2, 0.25) is 0 Å². The Labute approximate surface area is 187 Å². The summed E-state index contributed by atoms with van der Waals surface area (Å²) in [6, 6.07) is 0.322.